The molecule has 0 aromatic carbocycles. The lowest BCUT2D eigenvalue weighted by atomic mass is 10.1. The normalized spacial score (nSPS) is 16.9. The van der Waals surface area contributed by atoms with Gasteiger partial charge in [0.1, 0.15) is 6.33 Å². The van der Waals surface area contributed by atoms with Crippen LogP contribution >= 0.6 is 0 Å². The van der Waals surface area contributed by atoms with Gasteiger partial charge in [-0.2, -0.15) is 0 Å². The largest absolute Gasteiger partial charge is 0.345 e. The Morgan fingerprint density at radius 1 is 1.48 bits per heavy atom. The summed E-state index contributed by atoms with van der Waals surface area (Å²) in [5.41, 5.74) is 0. The van der Waals surface area contributed by atoms with Gasteiger partial charge in [0.25, 0.3) is 0 Å². The molecule has 1 aromatic heterocycles. The number of piperidine rings is 1. The van der Waals surface area contributed by atoms with Gasteiger partial charge in [-0.3, -0.25) is 9.59 Å². The van der Waals surface area contributed by atoms with Crippen LogP contribution in [-0.4, -0.2) is 44.6 Å². The van der Waals surface area contributed by atoms with Crippen molar-refractivity contribution in [2.24, 2.45) is 0 Å². The summed E-state index contributed by atoms with van der Waals surface area (Å²) < 4.78 is 1.94. The molecule has 0 bridgehead atoms. The van der Waals surface area contributed by atoms with Crippen LogP contribution in [0.3, 0.4) is 0 Å². The van der Waals surface area contributed by atoms with Crippen molar-refractivity contribution >= 4 is 11.8 Å². The second-order valence-corrected chi connectivity index (χ2v) is 5.44. The fourth-order valence-electron chi connectivity index (χ4n) is 2.57. The number of amides is 2. The molecule has 2 heterocycles. The van der Waals surface area contributed by atoms with Gasteiger partial charge in [-0.1, -0.05) is 6.92 Å². The van der Waals surface area contributed by atoms with Gasteiger partial charge in [0.15, 0.2) is 5.82 Å². The van der Waals surface area contributed by atoms with Crippen molar-refractivity contribution in [3.63, 3.8) is 0 Å². The number of carbonyl (C=O) groups excluding carboxylic acids is 2. The van der Waals surface area contributed by atoms with Crippen LogP contribution in [0.25, 0.3) is 0 Å². The zero-order valence-electron chi connectivity index (χ0n) is 12.7. The molecule has 1 fully saturated rings. The average Bonchev–Trinajstić information content (AvgIpc) is 2.90. The van der Waals surface area contributed by atoms with E-state index in [2.05, 4.69) is 22.4 Å². The second-order valence-electron chi connectivity index (χ2n) is 5.44. The van der Waals surface area contributed by atoms with E-state index in [-0.39, 0.29) is 24.4 Å². The molecule has 1 aliphatic rings. The molecule has 0 saturated carbocycles. The van der Waals surface area contributed by atoms with E-state index in [1.54, 1.807) is 11.2 Å². The quantitative estimate of drug-likeness (QED) is 0.844. The maximum atomic E-state index is 12.1. The van der Waals surface area contributed by atoms with Crippen molar-refractivity contribution in [1.82, 2.24) is 25.0 Å². The van der Waals surface area contributed by atoms with Gasteiger partial charge >= 0.3 is 0 Å². The highest BCUT2D eigenvalue weighted by Crippen LogP contribution is 2.12. The third kappa shape index (κ3) is 4.03. The van der Waals surface area contributed by atoms with Crippen molar-refractivity contribution in [2.75, 3.05) is 13.1 Å². The molecule has 1 atom stereocenters. The van der Waals surface area contributed by atoms with Crippen LogP contribution in [0.2, 0.25) is 0 Å². The van der Waals surface area contributed by atoms with Crippen molar-refractivity contribution in [3.05, 3.63) is 12.2 Å². The molecule has 2 amide bonds. The molecule has 2 rings (SSSR count). The fourth-order valence-corrected chi connectivity index (χ4v) is 2.57. The molecular formula is C14H23N5O2. The number of hydrogen-bond acceptors (Lipinski definition) is 4. The number of likely N-dealkylation sites (tertiary alicyclic amines) is 1. The van der Waals surface area contributed by atoms with E-state index >= 15 is 0 Å². The van der Waals surface area contributed by atoms with Crippen molar-refractivity contribution in [2.45, 2.75) is 52.1 Å². The van der Waals surface area contributed by atoms with Crippen molar-refractivity contribution in [1.29, 1.82) is 0 Å². The molecule has 0 aliphatic carbocycles. The minimum Gasteiger partial charge on any atom is -0.345 e. The van der Waals surface area contributed by atoms with Crippen molar-refractivity contribution < 1.29 is 9.59 Å². The van der Waals surface area contributed by atoms with Gasteiger partial charge in [0.05, 0.1) is 12.6 Å². The molecule has 1 saturated heterocycles. The first kappa shape index (κ1) is 15.5. The lowest BCUT2D eigenvalue weighted by Crippen LogP contribution is -2.43. The van der Waals surface area contributed by atoms with Gasteiger partial charge in [-0.15, -0.1) is 10.2 Å². The highest BCUT2D eigenvalue weighted by molar-refractivity contribution is 5.85. The molecule has 116 valence electrons. The predicted octanol–water partition coefficient (Wildman–Crippen LogP) is 0.878. The Hall–Kier alpha value is -1.92. The van der Waals surface area contributed by atoms with Gasteiger partial charge in [0.2, 0.25) is 11.8 Å². The molecule has 21 heavy (non-hydrogen) atoms. The van der Waals surface area contributed by atoms with E-state index in [4.69, 9.17) is 0 Å². The Balaban J connectivity index is 1.89. The minimum absolute atomic E-state index is 0.0678. The predicted molar refractivity (Wildman–Crippen MR) is 77.3 cm³/mol. The van der Waals surface area contributed by atoms with E-state index in [1.807, 2.05) is 11.5 Å². The standard InChI is InChI=1S/C14H23N5O2/c1-3-7-19-10-15-17-14(19)11(2)16-12(20)9-18-8-5-4-6-13(18)21/h10-11H,3-9H2,1-2H3,(H,16,20)/t11-/m0/s1. The summed E-state index contributed by atoms with van der Waals surface area (Å²) in [6.07, 6.45) is 5.10. The summed E-state index contributed by atoms with van der Waals surface area (Å²) in [6, 6.07) is -0.216. The van der Waals surface area contributed by atoms with E-state index in [0.717, 1.165) is 31.6 Å². The summed E-state index contributed by atoms with van der Waals surface area (Å²) in [5.74, 6) is 0.664. The number of nitrogens with zero attached hydrogens (tertiary/aromatic N) is 4. The minimum atomic E-state index is -0.216. The lowest BCUT2D eigenvalue weighted by Gasteiger charge is -2.26. The third-order valence-electron chi connectivity index (χ3n) is 3.63. The molecule has 1 N–H and O–H groups in total. The Morgan fingerprint density at radius 2 is 2.29 bits per heavy atom. The van der Waals surface area contributed by atoms with Crippen LogP contribution in [0.1, 0.15) is 51.4 Å². The SMILES string of the molecule is CCCn1cnnc1[C@H](C)NC(=O)CN1CCCCC1=O. The van der Waals surface area contributed by atoms with Gasteiger partial charge in [-0.05, 0) is 26.2 Å². The third-order valence-corrected chi connectivity index (χ3v) is 3.63. The maximum Gasteiger partial charge on any atom is 0.240 e. The number of aryl methyl sites for hydroxylation is 1. The monoisotopic (exact) mass is 293 g/mol. The molecule has 7 heteroatoms. The Labute approximate surface area is 124 Å². The summed E-state index contributed by atoms with van der Waals surface area (Å²) in [5, 5.41) is 10.9. The Morgan fingerprint density at radius 3 is 3.00 bits per heavy atom. The number of carbonyl (C=O) groups is 2. The zero-order chi connectivity index (χ0) is 15.2. The van der Waals surface area contributed by atoms with Crippen LogP contribution < -0.4 is 5.32 Å². The van der Waals surface area contributed by atoms with Gasteiger partial charge in [-0.25, -0.2) is 0 Å². The fraction of sp³-hybridized carbons (Fsp3) is 0.714. The summed E-state index contributed by atoms with van der Waals surface area (Å²) in [7, 11) is 0. The summed E-state index contributed by atoms with van der Waals surface area (Å²) in [4.78, 5) is 25.4. The highest BCUT2D eigenvalue weighted by Gasteiger charge is 2.22. The number of aromatic nitrogens is 3. The van der Waals surface area contributed by atoms with Crippen LogP contribution in [0.4, 0.5) is 0 Å². The maximum absolute atomic E-state index is 12.1. The first-order valence-corrected chi connectivity index (χ1v) is 7.56. The molecule has 0 unspecified atom stereocenters. The molecule has 0 spiro atoms. The second kappa shape index (κ2) is 7.19. The Bertz CT molecular complexity index is 499. The molecule has 1 aromatic rings. The number of rotatable bonds is 6. The average molecular weight is 293 g/mol. The van der Waals surface area contributed by atoms with Gasteiger partial charge in [0, 0.05) is 19.5 Å². The lowest BCUT2D eigenvalue weighted by molar-refractivity contribution is -0.138. The molecular weight excluding hydrogens is 270 g/mol. The van der Waals surface area contributed by atoms with Crippen molar-refractivity contribution in [3.8, 4) is 0 Å². The van der Waals surface area contributed by atoms with Crippen LogP contribution in [-0.2, 0) is 16.1 Å². The topological polar surface area (TPSA) is 80.1 Å². The van der Waals surface area contributed by atoms with E-state index in [1.165, 1.54) is 0 Å². The van der Waals surface area contributed by atoms with E-state index in [9.17, 15) is 9.59 Å². The van der Waals surface area contributed by atoms with Crippen LogP contribution in [0, 0.1) is 0 Å². The summed E-state index contributed by atoms with van der Waals surface area (Å²) >= 11 is 0. The zero-order valence-corrected chi connectivity index (χ0v) is 12.7. The van der Waals surface area contributed by atoms with Crippen LogP contribution in [0.15, 0.2) is 6.33 Å². The molecule has 1 aliphatic heterocycles. The first-order chi connectivity index (χ1) is 10.1. The number of hydrogen-bond donors (Lipinski definition) is 1. The molecule has 7 nitrogen and oxygen atoms in total. The highest BCUT2D eigenvalue weighted by atomic mass is 16.2. The smallest absolute Gasteiger partial charge is 0.240 e. The van der Waals surface area contributed by atoms with Crippen LogP contribution in [0.5, 0.6) is 0 Å². The molecule has 0 radical (unpaired) electrons. The van der Waals surface area contributed by atoms with E-state index < -0.39 is 0 Å². The summed E-state index contributed by atoms with van der Waals surface area (Å²) in [6.45, 7) is 5.59. The number of nitrogens with one attached hydrogen (secondary N) is 1. The van der Waals surface area contributed by atoms with Gasteiger partial charge < -0.3 is 14.8 Å². The Kier molecular flexibility index (Phi) is 5.30. The van der Waals surface area contributed by atoms with E-state index in [0.29, 0.717) is 13.0 Å². The first-order valence-electron chi connectivity index (χ1n) is 7.56.